The summed E-state index contributed by atoms with van der Waals surface area (Å²) in [5.74, 6) is -0.524. The zero-order valence-electron chi connectivity index (χ0n) is 13.0. The number of amides is 3. The molecule has 0 bridgehead atoms. The summed E-state index contributed by atoms with van der Waals surface area (Å²) < 4.78 is 0. The summed E-state index contributed by atoms with van der Waals surface area (Å²) in [5, 5.41) is 2.89. The van der Waals surface area contributed by atoms with Gasteiger partial charge in [-0.3, -0.25) is 4.79 Å². The summed E-state index contributed by atoms with van der Waals surface area (Å²) in [6.07, 6.45) is 0.663. The number of carbonyl (C=O) groups is 2. The summed E-state index contributed by atoms with van der Waals surface area (Å²) >= 11 is 0. The zero-order chi connectivity index (χ0) is 15.9. The third kappa shape index (κ3) is 4.73. The van der Waals surface area contributed by atoms with Crippen molar-refractivity contribution in [1.29, 1.82) is 0 Å². The molecule has 1 heterocycles. The Balaban J connectivity index is 1.66. The molecule has 1 aromatic carbocycles. The van der Waals surface area contributed by atoms with Gasteiger partial charge >= 0.3 is 6.03 Å². The van der Waals surface area contributed by atoms with E-state index in [-0.39, 0.29) is 17.9 Å². The first-order valence-corrected chi connectivity index (χ1v) is 7.61. The van der Waals surface area contributed by atoms with Gasteiger partial charge in [0.2, 0.25) is 5.91 Å². The average molecular weight is 304 g/mol. The second-order valence-electron chi connectivity index (χ2n) is 5.79. The van der Waals surface area contributed by atoms with Crippen LogP contribution in [-0.2, 0) is 11.3 Å². The summed E-state index contributed by atoms with van der Waals surface area (Å²) in [7, 11) is 2.03. The number of likely N-dealkylation sites (N-methyl/N-ethyl adjacent to an activating group) is 1. The number of rotatable bonds is 6. The minimum Gasteiger partial charge on any atom is -0.369 e. The third-order valence-corrected chi connectivity index (χ3v) is 3.94. The molecule has 0 aliphatic carbocycles. The van der Waals surface area contributed by atoms with Crippen LogP contribution in [0.3, 0.4) is 0 Å². The molecule has 2 rings (SSSR count). The van der Waals surface area contributed by atoms with Gasteiger partial charge in [-0.05, 0) is 19.0 Å². The SMILES string of the molecule is CN(CCNC(=O)N1CC[C@@H](C(N)=O)C1)Cc1ccccc1. The van der Waals surface area contributed by atoms with E-state index in [0.717, 1.165) is 13.1 Å². The number of hydrogen-bond donors (Lipinski definition) is 2. The van der Waals surface area contributed by atoms with Crippen LogP contribution in [0.4, 0.5) is 4.79 Å². The van der Waals surface area contributed by atoms with E-state index < -0.39 is 0 Å². The van der Waals surface area contributed by atoms with Crippen molar-refractivity contribution in [2.75, 3.05) is 33.2 Å². The number of benzene rings is 1. The van der Waals surface area contributed by atoms with Crippen molar-refractivity contribution < 1.29 is 9.59 Å². The Morgan fingerprint density at radius 3 is 2.73 bits per heavy atom. The van der Waals surface area contributed by atoms with E-state index in [2.05, 4.69) is 22.3 Å². The van der Waals surface area contributed by atoms with E-state index in [1.54, 1.807) is 4.90 Å². The number of nitrogens with zero attached hydrogens (tertiary/aromatic N) is 2. The van der Waals surface area contributed by atoms with Crippen molar-refractivity contribution in [3.05, 3.63) is 35.9 Å². The van der Waals surface area contributed by atoms with E-state index >= 15 is 0 Å². The predicted octanol–water partition coefficient (Wildman–Crippen LogP) is 0.635. The van der Waals surface area contributed by atoms with Crippen LogP contribution in [-0.4, -0.2) is 55.0 Å². The van der Waals surface area contributed by atoms with Crippen LogP contribution in [0, 0.1) is 5.92 Å². The second-order valence-corrected chi connectivity index (χ2v) is 5.79. The van der Waals surface area contributed by atoms with Gasteiger partial charge in [0.25, 0.3) is 0 Å². The van der Waals surface area contributed by atoms with E-state index in [0.29, 0.717) is 26.1 Å². The maximum absolute atomic E-state index is 12.0. The van der Waals surface area contributed by atoms with Crippen LogP contribution in [0.25, 0.3) is 0 Å². The fourth-order valence-electron chi connectivity index (χ4n) is 2.62. The smallest absolute Gasteiger partial charge is 0.317 e. The average Bonchev–Trinajstić information content (AvgIpc) is 2.98. The maximum Gasteiger partial charge on any atom is 0.317 e. The van der Waals surface area contributed by atoms with Crippen molar-refractivity contribution in [1.82, 2.24) is 15.1 Å². The molecule has 3 N–H and O–H groups in total. The highest BCUT2D eigenvalue weighted by atomic mass is 16.2. The van der Waals surface area contributed by atoms with Gasteiger partial charge in [0.05, 0.1) is 5.92 Å². The van der Waals surface area contributed by atoms with Crippen LogP contribution in [0.1, 0.15) is 12.0 Å². The molecular formula is C16H24N4O2. The number of primary amides is 1. The molecule has 1 saturated heterocycles. The first kappa shape index (κ1) is 16.3. The highest BCUT2D eigenvalue weighted by Crippen LogP contribution is 2.15. The van der Waals surface area contributed by atoms with Crippen molar-refractivity contribution in [3.63, 3.8) is 0 Å². The summed E-state index contributed by atoms with van der Waals surface area (Å²) in [4.78, 5) is 26.9. The quantitative estimate of drug-likeness (QED) is 0.809. The van der Waals surface area contributed by atoms with Gasteiger partial charge in [0.1, 0.15) is 0 Å². The molecule has 120 valence electrons. The molecule has 6 nitrogen and oxygen atoms in total. The Hall–Kier alpha value is -2.08. The van der Waals surface area contributed by atoms with Crippen molar-refractivity contribution in [2.45, 2.75) is 13.0 Å². The monoisotopic (exact) mass is 304 g/mol. The Kier molecular flexibility index (Phi) is 5.77. The largest absolute Gasteiger partial charge is 0.369 e. The third-order valence-electron chi connectivity index (χ3n) is 3.94. The normalized spacial score (nSPS) is 17.7. The van der Waals surface area contributed by atoms with Gasteiger partial charge in [0.15, 0.2) is 0 Å². The number of nitrogens with two attached hydrogens (primary N) is 1. The summed E-state index contributed by atoms with van der Waals surface area (Å²) in [6, 6.07) is 10.1. The number of urea groups is 1. The zero-order valence-corrected chi connectivity index (χ0v) is 13.0. The van der Waals surface area contributed by atoms with E-state index in [9.17, 15) is 9.59 Å². The fraction of sp³-hybridized carbons (Fsp3) is 0.500. The maximum atomic E-state index is 12.0. The van der Waals surface area contributed by atoms with Gasteiger partial charge in [0, 0.05) is 32.7 Å². The molecule has 3 amide bonds. The molecule has 0 aromatic heterocycles. The molecule has 0 saturated carbocycles. The number of hydrogen-bond acceptors (Lipinski definition) is 3. The van der Waals surface area contributed by atoms with Gasteiger partial charge in [-0.25, -0.2) is 4.79 Å². The summed E-state index contributed by atoms with van der Waals surface area (Å²) in [6.45, 7) is 3.23. The van der Waals surface area contributed by atoms with Gasteiger partial charge in [-0.1, -0.05) is 30.3 Å². The second kappa shape index (κ2) is 7.79. The lowest BCUT2D eigenvalue weighted by Crippen LogP contribution is -2.42. The molecule has 0 unspecified atom stereocenters. The highest BCUT2D eigenvalue weighted by Gasteiger charge is 2.29. The molecule has 1 aliphatic rings. The molecule has 1 aromatic rings. The Morgan fingerprint density at radius 2 is 2.09 bits per heavy atom. The van der Waals surface area contributed by atoms with Gasteiger partial charge in [-0.15, -0.1) is 0 Å². The molecular weight excluding hydrogens is 280 g/mol. The van der Waals surface area contributed by atoms with Crippen LogP contribution in [0.5, 0.6) is 0 Å². The van der Waals surface area contributed by atoms with Crippen molar-refractivity contribution in [3.8, 4) is 0 Å². The Morgan fingerprint density at radius 1 is 1.36 bits per heavy atom. The first-order chi connectivity index (χ1) is 10.6. The molecule has 1 fully saturated rings. The van der Waals surface area contributed by atoms with E-state index in [1.807, 2.05) is 25.2 Å². The minimum absolute atomic E-state index is 0.114. The lowest BCUT2D eigenvalue weighted by Gasteiger charge is -2.20. The van der Waals surface area contributed by atoms with E-state index in [1.165, 1.54) is 5.56 Å². The minimum atomic E-state index is -0.321. The predicted molar refractivity (Wildman–Crippen MR) is 85.0 cm³/mol. The topological polar surface area (TPSA) is 78.7 Å². The lowest BCUT2D eigenvalue weighted by molar-refractivity contribution is -0.121. The fourth-order valence-corrected chi connectivity index (χ4v) is 2.62. The summed E-state index contributed by atoms with van der Waals surface area (Å²) in [5.41, 5.74) is 6.52. The molecule has 22 heavy (non-hydrogen) atoms. The van der Waals surface area contributed by atoms with Gasteiger partial charge in [-0.2, -0.15) is 0 Å². The molecule has 0 spiro atoms. The van der Waals surface area contributed by atoms with Crippen molar-refractivity contribution in [2.24, 2.45) is 11.7 Å². The van der Waals surface area contributed by atoms with Crippen LogP contribution < -0.4 is 11.1 Å². The number of nitrogens with one attached hydrogen (secondary N) is 1. The Labute approximate surface area is 131 Å². The number of likely N-dealkylation sites (tertiary alicyclic amines) is 1. The van der Waals surface area contributed by atoms with Crippen LogP contribution in [0.15, 0.2) is 30.3 Å². The number of carbonyl (C=O) groups excluding carboxylic acids is 2. The standard InChI is InChI=1S/C16H24N4O2/c1-19(11-13-5-3-2-4-6-13)10-8-18-16(22)20-9-7-14(12-20)15(17)21/h2-6,14H,7-12H2,1H3,(H2,17,21)(H,18,22)/t14-/m1/s1. The van der Waals surface area contributed by atoms with Gasteiger partial charge < -0.3 is 20.9 Å². The van der Waals surface area contributed by atoms with Crippen molar-refractivity contribution >= 4 is 11.9 Å². The first-order valence-electron chi connectivity index (χ1n) is 7.61. The molecule has 0 radical (unpaired) electrons. The lowest BCUT2D eigenvalue weighted by atomic mass is 10.1. The molecule has 1 atom stereocenters. The van der Waals surface area contributed by atoms with Crippen LogP contribution in [0.2, 0.25) is 0 Å². The van der Waals surface area contributed by atoms with E-state index in [4.69, 9.17) is 5.73 Å². The highest BCUT2D eigenvalue weighted by molar-refractivity contribution is 5.80. The molecule has 6 heteroatoms. The Bertz CT molecular complexity index is 506. The molecule has 1 aliphatic heterocycles. The van der Waals surface area contributed by atoms with Crippen LogP contribution >= 0.6 is 0 Å².